The van der Waals surface area contributed by atoms with Gasteiger partial charge in [-0.15, -0.1) is 6.58 Å². The second-order valence-corrected chi connectivity index (χ2v) is 7.32. The van der Waals surface area contributed by atoms with E-state index in [1.807, 2.05) is 19.9 Å². The number of allylic oxidation sites excluding steroid dienone is 2. The summed E-state index contributed by atoms with van der Waals surface area (Å²) < 4.78 is 31.8. The van der Waals surface area contributed by atoms with Crippen LogP contribution in [0.3, 0.4) is 0 Å². The van der Waals surface area contributed by atoms with Crippen LogP contribution in [0.15, 0.2) is 53.5 Å². The highest BCUT2D eigenvalue weighted by Crippen LogP contribution is 2.32. The van der Waals surface area contributed by atoms with Crippen molar-refractivity contribution in [3.8, 4) is 0 Å². The van der Waals surface area contributed by atoms with Crippen molar-refractivity contribution < 1.29 is 17.9 Å². The van der Waals surface area contributed by atoms with Crippen molar-refractivity contribution in [2.75, 3.05) is 0 Å². The third-order valence-corrected chi connectivity index (χ3v) is 5.63. The van der Waals surface area contributed by atoms with E-state index in [-0.39, 0.29) is 4.90 Å². The Labute approximate surface area is 137 Å². The van der Waals surface area contributed by atoms with Crippen LogP contribution >= 0.6 is 0 Å². The minimum atomic E-state index is -3.98. The molecule has 0 aliphatic carbocycles. The van der Waals surface area contributed by atoms with E-state index in [1.54, 1.807) is 25.1 Å². The molecule has 0 N–H and O–H groups in total. The number of rotatable bonds is 5. The molecule has 0 spiro atoms. The molecule has 1 aromatic carbocycles. The summed E-state index contributed by atoms with van der Waals surface area (Å²) in [6, 6.07) is 5.75. The summed E-state index contributed by atoms with van der Waals surface area (Å²) in [5.74, 6) is 0. The van der Waals surface area contributed by atoms with E-state index < -0.39 is 28.3 Å². The summed E-state index contributed by atoms with van der Waals surface area (Å²) >= 11 is 0. The molecule has 2 rings (SSSR count). The van der Waals surface area contributed by atoms with Crippen LogP contribution in [0, 0.1) is 6.92 Å². The van der Waals surface area contributed by atoms with Crippen molar-refractivity contribution in [2.24, 2.45) is 0 Å². The lowest BCUT2D eigenvalue weighted by Crippen LogP contribution is -2.41. The number of hydrogen-bond donors (Lipinski definition) is 0. The number of cyclic esters (lactones) is 1. The number of nitrogens with zero attached hydrogens (tertiary/aromatic N) is 1. The summed E-state index contributed by atoms with van der Waals surface area (Å²) in [5, 5.41) is 0. The van der Waals surface area contributed by atoms with E-state index in [2.05, 4.69) is 6.58 Å². The van der Waals surface area contributed by atoms with Gasteiger partial charge in [-0.2, -0.15) is 4.31 Å². The van der Waals surface area contributed by atoms with Gasteiger partial charge in [-0.3, -0.25) is 0 Å². The molecule has 1 amide bonds. The first-order valence-corrected chi connectivity index (χ1v) is 8.84. The zero-order valence-corrected chi connectivity index (χ0v) is 14.3. The van der Waals surface area contributed by atoms with Crippen LogP contribution < -0.4 is 0 Å². The maximum atomic E-state index is 12.9. The number of amides is 1. The van der Waals surface area contributed by atoms with E-state index in [0.29, 0.717) is 6.42 Å². The van der Waals surface area contributed by atoms with Crippen molar-refractivity contribution in [3.05, 3.63) is 54.1 Å². The Balaban J connectivity index is 2.50. The third-order valence-electron chi connectivity index (χ3n) is 3.87. The Morgan fingerprint density at radius 2 is 1.96 bits per heavy atom. The van der Waals surface area contributed by atoms with Gasteiger partial charge in [-0.25, -0.2) is 13.2 Å². The molecule has 1 aliphatic heterocycles. The smallest absolute Gasteiger partial charge is 0.424 e. The predicted molar refractivity (Wildman–Crippen MR) is 88.5 cm³/mol. The quantitative estimate of drug-likeness (QED) is 0.774. The van der Waals surface area contributed by atoms with E-state index in [9.17, 15) is 13.2 Å². The minimum Gasteiger partial charge on any atom is -0.443 e. The minimum absolute atomic E-state index is 0.0770. The highest BCUT2D eigenvalue weighted by Gasteiger charge is 2.48. The first kappa shape index (κ1) is 17.3. The van der Waals surface area contributed by atoms with Crippen molar-refractivity contribution in [3.63, 3.8) is 0 Å². The van der Waals surface area contributed by atoms with E-state index >= 15 is 0 Å². The zero-order valence-electron chi connectivity index (χ0n) is 13.5. The largest absolute Gasteiger partial charge is 0.443 e. The van der Waals surface area contributed by atoms with Gasteiger partial charge in [0.2, 0.25) is 0 Å². The topological polar surface area (TPSA) is 63.7 Å². The van der Waals surface area contributed by atoms with E-state index in [1.165, 1.54) is 12.1 Å². The molecule has 0 bridgehead atoms. The molecule has 2 atom stereocenters. The van der Waals surface area contributed by atoms with Crippen molar-refractivity contribution in [1.29, 1.82) is 0 Å². The normalized spacial score (nSPS) is 22.1. The standard InChI is InChI=1S/C17H21NO4S/c1-5-7-14(6-2)16-13(4)22-17(19)18(16)23(20,21)15-10-8-12(3)9-11-15/h5-6,8-11,13,16H,1,7H2,2-4H3/b14-6-/t13-,16+/m0/s1. The second kappa shape index (κ2) is 6.58. The molecule has 6 heteroatoms. The highest BCUT2D eigenvalue weighted by molar-refractivity contribution is 7.89. The maximum absolute atomic E-state index is 12.9. The van der Waals surface area contributed by atoms with Gasteiger partial charge in [0.05, 0.1) is 4.90 Å². The lowest BCUT2D eigenvalue weighted by atomic mass is 10.00. The van der Waals surface area contributed by atoms with E-state index in [0.717, 1.165) is 15.4 Å². The molecule has 1 aliphatic rings. The number of benzene rings is 1. The van der Waals surface area contributed by atoms with Crippen LogP contribution in [0.25, 0.3) is 0 Å². The molecule has 1 fully saturated rings. The van der Waals surface area contributed by atoms with Crippen LogP contribution in [0.2, 0.25) is 0 Å². The molecule has 0 unspecified atom stereocenters. The average molecular weight is 335 g/mol. The number of carbonyl (C=O) groups excluding carboxylic acids is 1. The fourth-order valence-corrected chi connectivity index (χ4v) is 4.23. The highest BCUT2D eigenvalue weighted by atomic mass is 32.2. The molecule has 0 radical (unpaired) electrons. The van der Waals surface area contributed by atoms with Crippen LogP contribution in [-0.2, 0) is 14.8 Å². The first-order valence-electron chi connectivity index (χ1n) is 7.40. The summed E-state index contributed by atoms with van der Waals surface area (Å²) in [4.78, 5) is 12.3. The molecule has 0 aromatic heterocycles. The summed E-state index contributed by atoms with van der Waals surface area (Å²) in [6.45, 7) is 9.06. The molecule has 1 heterocycles. The van der Waals surface area contributed by atoms with Crippen molar-refractivity contribution in [2.45, 2.75) is 44.2 Å². The molecule has 5 nitrogen and oxygen atoms in total. The maximum Gasteiger partial charge on any atom is 0.424 e. The number of ether oxygens (including phenoxy) is 1. The second-order valence-electron chi connectivity index (χ2n) is 5.50. The van der Waals surface area contributed by atoms with Gasteiger partial charge < -0.3 is 4.74 Å². The van der Waals surface area contributed by atoms with Crippen LogP contribution in [0.4, 0.5) is 4.79 Å². The molecule has 23 heavy (non-hydrogen) atoms. The van der Waals surface area contributed by atoms with Gasteiger partial charge >= 0.3 is 6.09 Å². The lowest BCUT2D eigenvalue weighted by molar-refractivity contribution is 0.141. The molecule has 124 valence electrons. The van der Waals surface area contributed by atoms with Crippen molar-refractivity contribution in [1.82, 2.24) is 4.31 Å². The average Bonchev–Trinajstić information content (AvgIpc) is 2.80. The van der Waals surface area contributed by atoms with Gasteiger partial charge in [0.15, 0.2) is 0 Å². The molecular weight excluding hydrogens is 314 g/mol. The zero-order chi connectivity index (χ0) is 17.2. The van der Waals surface area contributed by atoms with Crippen molar-refractivity contribution >= 4 is 16.1 Å². The SMILES string of the molecule is C=CC/C(=C/C)[C@H]1[C@H](C)OC(=O)N1S(=O)(=O)c1ccc(C)cc1. The summed E-state index contributed by atoms with van der Waals surface area (Å²) in [5.41, 5.74) is 1.73. The Morgan fingerprint density at radius 3 is 2.48 bits per heavy atom. The number of carbonyl (C=O) groups is 1. The fraction of sp³-hybridized carbons (Fsp3) is 0.353. The van der Waals surface area contributed by atoms with E-state index in [4.69, 9.17) is 4.74 Å². The Morgan fingerprint density at radius 1 is 1.35 bits per heavy atom. The number of hydrogen-bond acceptors (Lipinski definition) is 4. The van der Waals surface area contributed by atoms with Crippen LogP contribution in [0.5, 0.6) is 0 Å². The van der Waals surface area contributed by atoms with Gasteiger partial charge in [-0.05, 0) is 44.9 Å². The first-order chi connectivity index (χ1) is 10.8. The molecule has 0 saturated carbocycles. The monoisotopic (exact) mass is 335 g/mol. The predicted octanol–water partition coefficient (Wildman–Crippen LogP) is 3.42. The summed E-state index contributed by atoms with van der Waals surface area (Å²) in [7, 11) is -3.98. The Bertz CT molecular complexity index is 734. The molecule has 1 aromatic rings. The molecule has 1 saturated heterocycles. The third kappa shape index (κ3) is 3.17. The van der Waals surface area contributed by atoms with Gasteiger partial charge in [0, 0.05) is 0 Å². The Kier molecular flexibility index (Phi) is 4.94. The van der Waals surface area contributed by atoms with Crippen LogP contribution in [-0.4, -0.2) is 31.0 Å². The fourth-order valence-electron chi connectivity index (χ4n) is 2.68. The van der Waals surface area contributed by atoms with Gasteiger partial charge in [-0.1, -0.05) is 29.8 Å². The Hall–Kier alpha value is -2.08. The summed E-state index contributed by atoms with van der Waals surface area (Å²) in [6.07, 6.45) is 2.59. The number of aryl methyl sites for hydroxylation is 1. The number of sulfonamides is 1. The van der Waals surface area contributed by atoms with Crippen LogP contribution in [0.1, 0.15) is 25.8 Å². The molecular formula is C17H21NO4S. The van der Waals surface area contributed by atoms with Gasteiger partial charge in [0.25, 0.3) is 10.0 Å². The lowest BCUT2D eigenvalue weighted by Gasteiger charge is -2.25. The van der Waals surface area contributed by atoms with Gasteiger partial charge in [0.1, 0.15) is 12.1 Å².